The summed E-state index contributed by atoms with van der Waals surface area (Å²) in [5, 5.41) is 4.80. The van der Waals surface area contributed by atoms with Crippen molar-refractivity contribution in [3.05, 3.63) is 77.9 Å². The molecule has 1 aliphatic rings. The number of fused-ring (bicyclic) bond motifs is 4. The van der Waals surface area contributed by atoms with Gasteiger partial charge in [0.25, 0.3) is 11.8 Å². The minimum absolute atomic E-state index is 0.0175. The van der Waals surface area contributed by atoms with Crippen LogP contribution in [0.2, 0.25) is 0 Å². The molecule has 0 spiro atoms. The van der Waals surface area contributed by atoms with E-state index in [9.17, 15) is 14.4 Å². The Hall–Kier alpha value is -3.93. The van der Waals surface area contributed by atoms with Crippen LogP contribution in [0.1, 0.15) is 27.1 Å². The molecule has 29 heavy (non-hydrogen) atoms. The van der Waals surface area contributed by atoms with Gasteiger partial charge in [-0.2, -0.15) is 0 Å². The third kappa shape index (κ3) is 2.86. The fourth-order valence-electron chi connectivity index (χ4n) is 3.68. The molecular weight excluding hydrogens is 368 g/mol. The maximum Gasteiger partial charge on any atom is 0.261 e. The van der Waals surface area contributed by atoms with Gasteiger partial charge < -0.3 is 9.73 Å². The van der Waals surface area contributed by atoms with Crippen LogP contribution in [0, 0.1) is 0 Å². The molecule has 6 heteroatoms. The molecule has 0 aliphatic carbocycles. The van der Waals surface area contributed by atoms with E-state index in [4.69, 9.17) is 4.42 Å². The summed E-state index contributed by atoms with van der Waals surface area (Å²) in [7, 11) is 0. The van der Waals surface area contributed by atoms with Gasteiger partial charge in [0.15, 0.2) is 0 Å². The van der Waals surface area contributed by atoms with Gasteiger partial charge in [0, 0.05) is 35.5 Å². The monoisotopic (exact) mass is 384 g/mol. The predicted octanol–water partition coefficient (Wildman–Crippen LogP) is 4.21. The summed E-state index contributed by atoms with van der Waals surface area (Å²) in [6.07, 6.45) is 0.0175. The van der Waals surface area contributed by atoms with Gasteiger partial charge in [-0.15, -0.1) is 0 Å². The van der Waals surface area contributed by atoms with Gasteiger partial charge >= 0.3 is 0 Å². The lowest BCUT2D eigenvalue weighted by atomic mass is 10.1. The van der Waals surface area contributed by atoms with Crippen molar-refractivity contribution >= 4 is 45.3 Å². The van der Waals surface area contributed by atoms with E-state index >= 15 is 0 Å². The van der Waals surface area contributed by atoms with Crippen molar-refractivity contribution in [2.75, 3.05) is 11.9 Å². The Bertz CT molecular complexity index is 1270. The zero-order chi connectivity index (χ0) is 20.0. The van der Waals surface area contributed by atoms with Crippen LogP contribution in [0.5, 0.6) is 0 Å². The fourth-order valence-corrected chi connectivity index (χ4v) is 3.68. The van der Waals surface area contributed by atoms with Crippen molar-refractivity contribution in [2.24, 2.45) is 0 Å². The van der Waals surface area contributed by atoms with Gasteiger partial charge in [-0.1, -0.05) is 30.3 Å². The maximum atomic E-state index is 12.4. The Kier molecular flexibility index (Phi) is 3.91. The summed E-state index contributed by atoms with van der Waals surface area (Å²) in [6.45, 7) is 0.0328. The molecule has 3 amide bonds. The molecule has 142 valence electrons. The first kappa shape index (κ1) is 17.2. The summed E-state index contributed by atoms with van der Waals surface area (Å²) < 4.78 is 5.83. The molecule has 1 aliphatic heterocycles. The highest BCUT2D eigenvalue weighted by molar-refractivity contribution is 6.21. The number of furan rings is 1. The van der Waals surface area contributed by atoms with Crippen molar-refractivity contribution < 1.29 is 18.8 Å². The number of anilines is 1. The maximum absolute atomic E-state index is 12.4. The number of benzene rings is 3. The summed E-state index contributed by atoms with van der Waals surface area (Å²) in [5.41, 5.74) is 2.84. The normalized spacial score (nSPS) is 13.3. The Morgan fingerprint density at radius 3 is 2.24 bits per heavy atom. The van der Waals surface area contributed by atoms with E-state index in [1.54, 1.807) is 30.3 Å². The van der Waals surface area contributed by atoms with E-state index in [2.05, 4.69) is 5.32 Å². The largest absolute Gasteiger partial charge is 0.456 e. The Labute approximate surface area is 165 Å². The highest BCUT2D eigenvalue weighted by Gasteiger charge is 2.34. The van der Waals surface area contributed by atoms with Crippen LogP contribution < -0.4 is 5.32 Å². The highest BCUT2D eigenvalue weighted by atomic mass is 16.3. The van der Waals surface area contributed by atoms with Crippen molar-refractivity contribution in [3.63, 3.8) is 0 Å². The lowest BCUT2D eigenvalue weighted by Gasteiger charge is -2.13. The molecule has 4 aromatic rings. The summed E-state index contributed by atoms with van der Waals surface area (Å²) in [4.78, 5) is 38.2. The smallest absolute Gasteiger partial charge is 0.261 e. The molecule has 6 nitrogen and oxygen atoms in total. The molecule has 5 rings (SSSR count). The lowest BCUT2D eigenvalue weighted by molar-refractivity contribution is -0.116. The first-order valence-corrected chi connectivity index (χ1v) is 9.28. The van der Waals surface area contributed by atoms with E-state index in [0.29, 0.717) is 22.4 Å². The number of imide groups is 1. The third-order valence-electron chi connectivity index (χ3n) is 5.10. The van der Waals surface area contributed by atoms with Crippen LogP contribution in [0.4, 0.5) is 5.69 Å². The Morgan fingerprint density at radius 1 is 0.828 bits per heavy atom. The number of hydrogen-bond donors (Lipinski definition) is 1. The Balaban J connectivity index is 1.28. The number of amides is 3. The second-order valence-corrected chi connectivity index (χ2v) is 6.91. The molecule has 0 bridgehead atoms. The van der Waals surface area contributed by atoms with E-state index in [-0.39, 0.29) is 30.7 Å². The van der Waals surface area contributed by atoms with Crippen LogP contribution in [0.3, 0.4) is 0 Å². The number of nitrogens with zero attached hydrogens (tertiary/aromatic N) is 1. The van der Waals surface area contributed by atoms with Gasteiger partial charge in [-0.25, -0.2) is 0 Å². The topological polar surface area (TPSA) is 79.6 Å². The molecule has 1 N–H and O–H groups in total. The number of rotatable bonds is 4. The van der Waals surface area contributed by atoms with Crippen LogP contribution in [-0.4, -0.2) is 29.2 Å². The number of para-hydroxylation sites is 1. The van der Waals surface area contributed by atoms with Crippen molar-refractivity contribution in [3.8, 4) is 0 Å². The summed E-state index contributed by atoms with van der Waals surface area (Å²) >= 11 is 0. The molecule has 0 radical (unpaired) electrons. The molecule has 3 aromatic carbocycles. The van der Waals surface area contributed by atoms with Gasteiger partial charge in [0.2, 0.25) is 5.91 Å². The van der Waals surface area contributed by atoms with E-state index in [1.807, 2.05) is 36.4 Å². The second-order valence-electron chi connectivity index (χ2n) is 6.91. The standard InChI is InChI=1S/C23H16N2O4/c26-21(11-12-25-22(27)17-6-1-2-7-18(17)23(25)28)24-14-9-10-16-15-5-3-4-8-19(15)29-20(16)13-14/h1-10,13H,11-12H2,(H,24,26). The summed E-state index contributed by atoms with van der Waals surface area (Å²) in [6, 6.07) is 19.9. The third-order valence-corrected chi connectivity index (χ3v) is 5.10. The van der Waals surface area contributed by atoms with Crippen LogP contribution >= 0.6 is 0 Å². The molecular formula is C23H16N2O4. The van der Waals surface area contributed by atoms with E-state index in [0.717, 1.165) is 21.3 Å². The fraction of sp³-hybridized carbons (Fsp3) is 0.0870. The minimum atomic E-state index is -0.359. The van der Waals surface area contributed by atoms with Gasteiger partial charge in [-0.3, -0.25) is 19.3 Å². The van der Waals surface area contributed by atoms with Gasteiger partial charge in [0.05, 0.1) is 11.1 Å². The number of carbonyl (C=O) groups is 3. The van der Waals surface area contributed by atoms with E-state index < -0.39 is 0 Å². The van der Waals surface area contributed by atoms with Crippen molar-refractivity contribution in [2.45, 2.75) is 6.42 Å². The second kappa shape index (κ2) is 6.60. The highest BCUT2D eigenvalue weighted by Crippen LogP contribution is 2.30. The molecule has 0 unspecified atom stereocenters. The molecule has 0 atom stereocenters. The molecule has 2 heterocycles. The van der Waals surface area contributed by atoms with Gasteiger partial charge in [-0.05, 0) is 30.3 Å². The summed E-state index contributed by atoms with van der Waals surface area (Å²) in [5.74, 6) is -0.999. The molecule has 0 saturated carbocycles. The number of carbonyl (C=O) groups excluding carboxylic acids is 3. The SMILES string of the molecule is O=C(CCN1C(=O)c2ccccc2C1=O)Nc1ccc2c(c1)oc1ccccc12. The first-order valence-electron chi connectivity index (χ1n) is 9.28. The average Bonchev–Trinajstić information content (AvgIpc) is 3.22. The van der Waals surface area contributed by atoms with Crippen LogP contribution in [0.25, 0.3) is 21.9 Å². The number of hydrogen-bond acceptors (Lipinski definition) is 4. The molecule has 0 saturated heterocycles. The quantitative estimate of drug-likeness (QED) is 0.535. The van der Waals surface area contributed by atoms with Crippen molar-refractivity contribution in [1.82, 2.24) is 4.90 Å². The van der Waals surface area contributed by atoms with E-state index in [1.165, 1.54) is 0 Å². The predicted molar refractivity (Wildman–Crippen MR) is 109 cm³/mol. The molecule has 0 fully saturated rings. The first-order chi connectivity index (χ1) is 14.1. The number of nitrogens with one attached hydrogen (secondary N) is 1. The van der Waals surface area contributed by atoms with Gasteiger partial charge in [0.1, 0.15) is 11.2 Å². The minimum Gasteiger partial charge on any atom is -0.456 e. The average molecular weight is 384 g/mol. The zero-order valence-corrected chi connectivity index (χ0v) is 15.3. The Morgan fingerprint density at radius 2 is 1.48 bits per heavy atom. The zero-order valence-electron chi connectivity index (χ0n) is 15.3. The van der Waals surface area contributed by atoms with Crippen LogP contribution in [-0.2, 0) is 4.79 Å². The van der Waals surface area contributed by atoms with Crippen molar-refractivity contribution in [1.29, 1.82) is 0 Å². The molecule has 1 aromatic heterocycles. The lowest BCUT2D eigenvalue weighted by Crippen LogP contribution is -2.32. The van der Waals surface area contributed by atoms with Crippen LogP contribution in [0.15, 0.2) is 71.1 Å².